The first kappa shape index (κ1) is 15.8. The fraction of sp³-hybridized carbons (Fsp3) is 0.250. The molecule has 2 rings (SSSR count). The Balaban J connectivity index is 2.16. The standard InChI is InChI=1S/C16H18N2O4/c1-22-10-17-15(19)14(18-16(20)21)9-11-6-7-12-4-2-3-5-13(12)8-11/h2-8,14,18H,9-10H2,1H3,(H,17,19)(H,20,21). The molecule has 2 aromatic carbocycles. The maximum Gasteiger partial charge on any atom is 0.405 e. The summed E-state index contributed by atoms with van der Waals surface area (Å²) in [5.74, 6) is -0.419. The molecule has 0 aliphatic heterocycles. The molecule has 6 nitrogen and oxygen atoms in total. The van der Waals surface area contributed by atoms with Crippen LogP contribution in [0.15, 0.2) is 42.5 Å². The lowest BCUT2D eigenvalue weighted by Crippen LogP contribution is -2.48. The molecular formula is C16H18N2O4. The Bertz CT molecular complexity index is 672. The van der Waals surface area contributed by atoms with Gasteiger partial charge < -0.3 is 20.5 Å². The molecule has 0 spiro atoms. The van der Waals surface area contributed by atoms with E-state index in [1.165, 1.54) is 7.11 Å². The highest BCUT2D eigenvalue weighted by molar-refractivity contribution is 5.86. The van der Waals surface area contributed by atoms with Gasteiger partial charge in [0.05, 0.1) is 0 Å². The summed E-state index contributed by atoms with van der Waals surface area (Å²) >= 11 is 0. The summed E-state index contributed by atoms with van der Waals surface area (Å²) in [6.07, 6.45) is -0.967. The molecule has 0 aliphatic rings. The second-order valence-electron chi connectivity index (χ2n) is 4.86. The Hall–Kier alpha value is -2.60. The molecule has 2 amide bonds. The fourth-order valence-electron chi connectivity index (χ4n) is 2.23. The monoisotopic (exact) mass is 302 g/mol. The number of carboxylic acid groups (broad SMARTS) is 1. The molecular weight excluding hydrogens is 284 g/mol. The number of fused-ring (bicyclic) bond motifs is 1. The van der Waals surface area contributed by atoms with E-state index in [1.54, 1.807) is 0 Å². The number of amides is 2. The average molecular weight is 302 g/mol. The van der Waals surface area contributed by atoms with Crippen LogP contribution in [0.3, 0.4) is 0 Å². The van der Waals surface area contributed by atoms with Crippen LogP contribution in [0.2, 0.25) is 0 Å². The highest BCUT2D eigenvalue weighted by atomic mass is 16.5. The van der Waals surface area contributed by atoms with Crippen LogP contribution in [-0.4, -0.2) is 37.0 Å². The molecule has 6 heteroatoms. The van der Waals surface area contributed by atoms with Crippen LogP contribution in [0, 0.1) is 0 Å². The minimum Gasteiger partial charge on any atom is -0.465 e. The summed E-state index contributed by atoms with van der Waals surface area (Å²) in [6.45, 7) is 0.0361. The maximum atomic E-state index is 12.0. The predicted octanol–water partition coefficient (Wildman–Crippen LogP) is 1.74. The molecule has 0 bridgehead atoms. The Morgan fingerprint density at radius 3 is 2.59 bits per heavy atom. The van der Waals surface area contributed by atoms with E-state index in [0.717, 1.165) is 16.3 Å². The maximum absolute atomic E-state index is 12.0. The molecule has 0 aromatic heterocycles. The van der Waals surface area contributed by atoms with E-state index < -0.39 is 18.0 Å². The van der Waals surface area contributed by atoms with E-state index in [0.29, 0.717) is 0 Å². The highest BCUT2D eigenvalue weighted by Gasteiger charge is 2.20. The minimum atomic E-state index is -1.24. The Kier molecular flexibility index (Phi) is 5.32. The van der Waals surface area contributed by atoms with Gasteiger partial charge in [0.25, 0.3) is 0 Å². The van der Waals surface area contributed by atoms with Gasteiger partial charge in [-0.05, 0) is 16.3 Å². The Labute approximate surface area is 128 Å². The van der Waals surface area contributed by atoms with Gasteiger partial charge in [-0.25, -0.2) is 4.79 Å². The quantitative estimate of drug-likeness (QED) is 0.709. The molecule has 3 N–H and O–H groups in total. The smallest absolute Gasteiger partial charge is 0.405 e. The third-order valence-electron chi connectivity index (χ3n) is 3.26. The van der Waals surface area contributed by atoms with Crippen molar-refractivity contribution < 1.29 is 19.4 Å². The first-order valence-electron chi connectivity index (χ1n) is 6.84. The van der Waals surface area contributed by atoms with Gasteiger partial charge in [0.1, 0.15) is 12.8 Å². The normalized spacial score (nSPS) is 11.9. The molecule has 0 fully saturated rings. The third-order valence-corrected chi connectivity index (χ3v) is 3.26. The first-order chi connectivity index (χ1) is 10.6. The van der Waals surface area contributed by atoms with Gasteiger partial charge in [-0.2, -0.15) is 0 Å². The van der Waals surface area contributed by atoms with Gasteiger partial charge in [-0.15, -0.1) is 0 Å². The number of hydrogen-bond acceptors (Lipinski definition) is 3. The molecule has 1 unspecified atom stereocenters. The molecule has 2 aromatic rings. The van der Waals surface area contributed by atoms with E-state index in [-0.39, 0.29) is 13.2 Å². The lowest BCUT2D eigenvalue weighted by atomic mass is 10.0. The van der Waals surface area contributed by atoms with Crippen LogP contribution >= 0.6 is 0 Å². The van der Waals surface area contributed by atoms with E-state index in [1.807, 2.05) is 42.5 Å². The largest absolute Gasteiger partial charge is 0.465 e. The topological polar surface area (TPSA) is 87.7 Å². The van der Waals surface area contributed by atoms with E-state index in [2.05, 4.69) is 10.6 Å². The average Bonchev–Trinajstić information content (AvgIpc) is 2.51. The number of carbonyl (C=O) groups is 2. The van der Waals surface area contributed by atoms with Gasteiger partial charge in [-0.3, -0.25) is 4.79 Å². The molecule has 0 radical (unpaired) electrons. The molecule has 0 heterocycles. The van der Waals surface area contributed by atoms with E-state index in [4.69, 9.17) is 9.84 Å². The second kappa shape index (κ2) is 7.42. The van der Waals surface area contributed by atoms with Crippen LogP contribution in [0.25, 0.3) is 10.8 Å². The van der Waals surface area contributed by atoms with E-state index >= 15 is 0 Å². The summed E-state index contributed by atoms with van der Waals surface area (Å²) < 4.78 is 4.77. The number of ether oxygens (including phenoxy) is 1. The summed E-state index contributed by atoms with van der Waals surface area (Å²) in [5.41, 5.74) is 0.880. The van der Waals surface area contributed by atoms with Gasteiger partial charge in [-0.1, -0.05) is 42.5 Å². The second-order valence-corrected chi connectivity index (χ2v) is 4.86. The predicted molar refractivity (Wildman–Crippen MR) is 82.6 cm³/mol. The summed E-state index contributed by atoms with van der Waals surface area (Å²) in [7, 11) is 1.45. The molecule has 116 valence electrons. The number of nitrogens with one attached hydrogen (secondary N) is 2. The van der Waals surface area contributed by atoms with Crippen molar-refractivity contribution in [2.45, 2.75) is 12.5 Å². The lowest BCUT2D eigenvalue weighted by molar-refractivity contribution is -0.124. The van der Waals surface area contributed by atoms with Crippen molar-refractivity contribution in [1.82, 2.24) is 10.6 Å². The zero-order valence-electron chi connectivity index (χ0n) is 12.2. The summed E-state index contributed by atoms with van der Waals surface area (Å²) in [6, 6.07) is 12.8. The number of benzene rings is 2. The van der Waals surface area contributed by atoms with Crippen LogP contribution < -0.4 is 10.6 Å². The molecule has 0 aliphatic carbocycles. The molecule has 0 saturated carbocycles. The number of hydrogen-bond donors (Lipinski definition) is 3. The third kappa shape index (κ3) is 4.20. The van der Waals surface area contributed by atoms with Gasteiger partial charge >= 0.3 is 6.09 Å². The van der Waals surface area contributed by atoms with Crippen molar-refractivity contribution in [3.8, 4) is 0 Å². The van der Waals surface area contributed by atoms with Crippen LogP contribution in [-0.2, 0) is 16.0 Å². The zero-order valence-corrected chi connectivity index (χ0v) is 12.2. The van der Waals surface area contributed by atoms with Gasteiger partial charge in [0.2, 0.25) is 5.91 Å². The number of rotatable bonds is 6. The fourth-order valence-corrected chi connectivity index (χ4v) is 2.23. The SMILES string of the molecule is COCNC(=O)C(Cc1ccc2ccccc2c1)NC(=O)O. The number of methoxy groups -OCH3 is 1. The van der Waals surface area contributed by atoms with Crippen molar-refractivity contribution in [3.05, 3.63) is 48.0 Å². The van der Waals surface area contributed by atoms with Gasteiger partial charge in [0, 0.05) is 13.5 Å². The lowest BCUT2D eigenvalue weighted by Gasteiger charge is -2.17. The summed E-state index contributed by atoms with van der Waals surface area (Å²) in [4.78, 5) is 22.9. The number of carbonyl (C=O) groups excluding carboxylic acids is 1. The highest BCUT2D eigenvalue weighted by Crippen LogP contribution is 2.16. The first-order valence-corrected chi connectivity index (χ1v) is 6.84. The van der Waals surface area contributed by atoms with Crippen LogP contribution in [0.4, 0.5) is 4.79 Å². The van der Waals surface area contributed by atoms with Gasteiger partial charge in [0.15, 0.2) is 0 Å². The molecule has 1 atom stereocenters. The van der Waals surface area contributed by atoms with Crippen molar-refractivity contribution in [1.29, 1.82) is 0 Å². The van der Waals surface area contributed by atoms with Crippen molar-refractivity contribution in [2.75, 3.05) is 13.8 Å². The van der Waals surface area contributed by atoms with Crippen molar-refractivity contribution >= 4 is 22.8 Å². The molecule has 0 saturated heterocycles. The molecule has 22 heavy (non-hydrogen) atoms. The zero-order chi connectivity index (χ0) is 15.9. The Morgan fingerprint density at radius 1 is 1.18 bits per heavy atom. The van der Waals surface area contributed by atoms with Crippen LogP contribution in [0.1, 0.15) is 5.56 Å². The Morgan fingerprint density at radius 2 is 1.91 bits per heavy atom. The summed E-state index contributed by atoms with van der Waals surface area (Å²) in [5, 5.41) is 15.8. The van der Waals surface area contributed by atoms with E-state index in [9.17, 15) is 9.59 Å². The van der Waals surface area contributed by atoms with Crippen molar-refractivity contribution in [3.63, 3.8) is 0 Å². The minimum absolute atomic E-state index is 0.0361. The van der Waals surface area contributed by atoms with Crippen LogP contribution in [0.5, 0.6) is 0 Å². The van der Waals surface area contributed by atoms with Crippen molar-refractivity contribution in [2.24, 2.45) is 0 Å².